The Morgan fingerprint density at radius 1 is 1.38 bits per heavy atom. The maximum Gasteiger partial charge on any atom is 0.191 e. The molecule has 1 aliphatic heterocycles. The predicted molar refractivity (Wildman–Crippen MR) is 113 cm³/mol. The second-order valence-electron chi connectivity index (χ2n) is 5.70. The monoisotopic (exact) mass is 467 g/mol. The van der Waals surface area contributed by atoms with Crippen LogP contribution in [0.15, 0.2) is 23.5 Å². The molecule has 1 aromatic heterocycles. The first kappa shape index (κ1) is 21.6. The Labute approximate surface area is 166 Å². The van der Waals surface area contributed by atoms with E-state index in [-0.39, 0.29) is 28.7 Å². The van der Waals surface area contributed by atoms with Crippen LogP contribution in [0.2, 0.25) is 0 Å². The van der Waals surface area contributed by atoms with Crippen molar-refractivity contribution >= 4 is 41.7 Å². The van der Waals surface area contributed by atoms with Crippen LogP contribution in [0, 0.1) is 0 Å². The summed E-state index contributed by atoms with van der Waals surface area (Å²) < 4.78 is 7.75. The minimum absolute atomic E-state index is 0. The van der Waals surface area contributed by atoms with Crippen LogP contribution in [0.25, 0.3) is 0 Å². The highest BCUT2D eigenvalue weighted by molar-refractivity contribution is 14.0. The third-order valence-corrected chi connectivity index (χ3v) is 5.53. The average molecular weight is 467 g/mol. The van der Waals surface area contributed by atoms with Gasteiger partial charge in [0.2, 0.25) is 0 Å². The summed E-state index contributed by atoms with van der Waals surface area (Å²) in [6.45, 7) is 6.70. The normalized spacial score (nSPS) is 17.2. The zero-order chi connectivity index (χ0) is 16.4. The molecule has 0 bridgehead atoms. The van der Waals surface area contributed by atoms with Gasteiger partial charge in [-0.15, -0.1) is 24.0 Å². The number of thioether (sulfide) groups is 1. The molecule has 2 rings (SSSR count). The van der Waals surface area contributed by atoms with Gasteiger partial charge in [0.1, 0.15) is 0 Å². The van der Waals surface area contributed by atoms with E-state index in [1.54, 1.807) is 0 Å². The number of ether oxygens (including phenoxy) is 1. The van der Waals surface area contributed by atoms with E-state index in [1.807, 2.05) is 42.0 Å². The fourth-order valence-electron chi connectivity index (χ4n) is 2.77. The van der Waals surface area contributed by atoms with E-state index in [2.05, 4.69) is 27.6 Å². The van der Waals surface area contributed by atoms with Gasteiger partial charge in [-0.25, -0.2) is 0 Å². The topological polar surface area (TPSA) is 63.5 Å². The van der Waals surface area contributed by atoms with Gasteiger partial charge in [-0.05, 0) is 31.1 Å². The van der Waals surface area contributed by atoms with Crippen LogP contribution in [-0.4, -0.2) is 59.6 Å². The van der Waals surface area contributed by atoms with Crippen LogP contribution < -0.4 is 10.6 Å². The van der Waals surface area contributed by atoms with E-state index < -0.39 is 0 Å². The minimum atomic E-state index is 0. The van der Waals surface area contributed by atoms with Gasteiger partial charge in [0, 0.05) is 57.0 Å². The molecule has 0 spiro atoms. The first-order valence-electron chi connectivity index (χ1n) is 8.42. The molecule has 1 fully saturated rings. The second-order valence-corrected chi connectivity index (χ2v) is 7.44. The van der Waals surface area contributed by atoms with E-state index in [1.165, 1.54) is 0 Å². The molecule has 1 aliphatic rings. The highest BCUT2D eigenvalue weighted by Crippen LogP contribution is 2.34. The van der Waals surface area contributed by atoms with Crippen LogP contribution in [0.1, 0.15) is 26.2 Å². The molecule has 1 aromatic rings. The Morgan fingerprint density at radius 3 is 2.79 bits per heavy atom. The van der Waals surface area contributed by atoms with Crippen LogP contribution in [-0.2, 0) is 11.3 Å². The van der Waals surface area contributed by atoms with Gasteiger partial charge in [0.25, 0.3) is 0 Å². The lowest BCUT2D eigenvalue weighted by Gasteiger charge is -2.37. The molecule has 0 amide bonds. The first-order chi connectivity index (χ1) is 11.3. The molecule has 0 unspecified atom stereocenters. The number of hydrogen-bond donors (Lipinski definition) is 2. The quantitative estimate of drug-likeness (QED) is 0.266. The molecule has 0 atom stereocenters. The molecule has 0 aliphatic carbocycles. The van der Waals surface area contributed by atoms with E-state index in [0.717, 1.165) is 63.8 Å². The van der Waals surface area contributed by atoms with Gasteiger partial charge in [-0.2, -0.15) is 16.9 Å². The van der Waals surface area contributed by atoms with Crippen LogP contribution in [0.3, 0.4) is 0 Å². The minimum Gasteiger partial charge on any atom is -0.381 e. The number of aliphatic imine (C=N–C) groups is 1. The van der Waals surface area contributed by atoms with Crippen LogP contribution in [0.5, 0.6) is 0 Å². The molecule has 0 radical (unpaired) electrons. The van der Waals surface area contributed by atoms with Gasteiger partial charge in [0.05, 0.1) is 0 Å². The van der Waals surface area contributed by atoms with Crippen molar-refractivity contribution in [1.29, 1.82) is 0 Å². The molecule has 138 valence electrons. The van der Waals surface area contributed by atoms with Gasteiger partial charge >= 0.3 is 0 Å². The van der Waals surface area contributed by atoms with Gasteiger partial charge in [-0.3, -0.25) is 9.67 Å². The number of halogens is 1. The number of nitrogens with zero attached hydrogens (tertiary/aromatic N) is 3. The number of nitrogens with one attached hydrogen (secondary N) is 2. The van der Waals surface area contributed by atoms with Crippen molar-refractivity contribution in [3.05, 3.63) is 18.5 Å². The van der Waals surface area contributed by atoms with E-state index in [4.69, 9.17) is 4.74 Å². The van der Waals surface area contributed by atoms with Gasteiger partial charge in [0.15, 0.2) is 5.96 Å². The lowest BCUT2D eigenvalue weighted by Crippen LogP contribution is -2.48. The van der Waals surface area contributed by atoms with Gasteiger partial charge in [-0.1, -0.05) is 6.92 Å². The molecule has 0 saturated carbocycles. The Morgan fingerprint density at radius 2 is 2.17 bits per heavy atom. The van der Waals surface area contributed by atoms with Crippen molar-refractivity contribution in [2.24, 2.45) is 4.99 Å². The summed E-state index contributed by atoms with van der Waals surface area (Å²) in [5.74, 6) is 2.02. The number of hydrogen-bond acceptors (Lipinski definition) is 4. The van der Waals surface area contributed by atoms with E-state index >= 15 is 0 Å². The number of aryl methyl sites for hydroxylation is 1. The summed E-state index contributed by atoms with van der Waals surface area (Å²) in [5, 5.41) is 11.1. The zero-order valence-electron chi connectivity index (χ0n) is 14.7. The summed E-state index contributed by atoms with van der Waals surface area (Å²) in [6.07, 6.45) is 7.03. The summed E-state index contributed by atoms with van der Waals surface area (Å²) in [4.78, 5) is 4.33. The summed E-state index contributed by atoms with van der Waals surface area (Å²) in [6, 6.07) is 1.95. The number of rotatable bonds is 8. The lowest BCUT2D eigenvalue weighted by molar-refractivity contribution is 0.0782. The molecule has 0 aromatic carbocycles. The van der Waals surface area contributed by atoms with E-state index in [9.17, 15) is 0 Å². The Hall–Kier alpha value is -0.480. The molecule has 8 heteroatoms. The Balaban J connectivity index is 0.00000288. The first-order valence-corrected chi connectivity index (χ1v) is 9.40. The summed E-state index contributed by atoms with van der Waals surface area (Å²) in [7, 11) is 1.83. The van der Waals surface area contributed by atoms with Crippen molar-refractivity contribution < 1.29 is 4.74 Å². The second kappa shape index (κ2) is 12.0. The molecule has 6 nitrogen and oxygen atoms in total. The average Bonchev–Trinajstić information content (AvgIpc) is 3.09. The molecular formula is C16H30IN5OS. The van der Waals surface area contributed by atoms with Crippen LogP contribution in [0.4, 0.5) is 0 Å². The van der Waals surface area contributed by atoms with E-state index in [0.29, 0.717) is 0 Å². The molecule has 24 heavy (non-hydrogen) atoms. The van der Waals surface area contributed by atoms with Crippen molar-refractivity contribution in [2.75, 3.05) is 39.1 Å². The van der Waals surface area contributed by atoms with Crippen molar-refractivity contribution in [3.63, 3.8) is 0 Å². The summed E-state index contributed by atoms with van der Waals surface area (Å²) in [5.41, 5.74) is 0. The molecule has 1 saturated heterocycles. The predicted octanol–water partition coefficient (Wildman–Crippen LogP) is 2.36. The largest absolute Gasteiger partial charge is 0.381 e. The fraction of sp³-hybridized carbons (Fsp3) is 0.750. The highest BCUT2D eigenvalue weighted by atomic mass is 127. The highest BCUT2D eigenvalue weighted by Gasteiger charge is 2.32. The maximum atomic E-state index is 5.52. The Kier molecular flexibility index (Phi) is 10.8. The Bertz CT molecular complexity index is 458. The van der Waals surface area contributed by atoms with Crippen molar-refractivity contribution in [3.8, 4) is 0 Å². The molecule has 2 heterocycles. The van der Waals surface area contributed by atoms with Crippen molar-refractivity contribution in [1.82, 2.24) is 20.4 Å². The maximum absolute atomic E-state index is 5.52. The zero-order valence-corrected chi connectivity index (χ0v) is 17.8. The number of guanidine groups is 1. The fourth-order valence-corrected chi connectivity index (χ4v) is 4.01. The SMILES string of the molecule is CCSC1(CNC(=NC)NCCCn2cccn2)CCOCC1.I. The molecular weight excluding hydrogens is 437 g/mol. The number of aromatic nitrogens is 2. The third kappa shape index (κ3) is 7.18. The molecule has 2 N–H and O–H groups in total. The summed E-state index contributed by atoms with van der Waals surface area (Å²) >= 11 is 2.04. The van der Waals surface area contributed by atoms with Crippen LogP contribution >= 0.6 is 35.7 Å². The standard InChI is InChI=1S/C16H29N5OS.HI/c1-3-23-16(6-12-22-13-7-16)14-19-15(17-2)18-8-4-10-21-11-5-9-20-21;/h5,9,11H,3-4,6-8,10,12-14H2,1-2H3,(H2,17,18,19);1H. The van der Waals surface area contributed by atoms with Crippen molar-refractivity contribution in [2.45, 2.75) is 37.5 Å². The lowest BCUT2D eigenvalue weighted by atomic mass is 9.99. The third-order valence-electron chi connectivity index (χ3n) is 4.07. The smallest absolute Gasteiger partial charge is 0.191 e. The van der Waals surface area contributed by atoms with Gasteiger partial charge < -0.3 is 15.4 Å².